The summed E-state index contributed by atoms with van der Waals surface area (Å²) in [5.74, 6) is 0.983. The second-order valence-corrected chi connectivity index (χ2v) is 5.19. The average molecular weight is 247 g/mol. The molecule has 1 aromatic carbocycles. The molecule has 2 rings (SSSR count). The molecule has 0 radical (unpaired) electrons. The molecule has 0 aromatic heterocycles. The Hall–Kier alpha value is -1.02. The third-order valence-electron chi connectivity index (χ3n) is 4.09. The Morgan fingerprint density at radius 2 is 2.11 bits per heavy atom. The molecule has 0 spiro atoms. The van der Waals surface area contributed by atoms with E-state index >= 15 is 0 Å². The molecule has 1 aliphatic rings. The van der Waals surface area contributed by atoms with Crippen LogP contribution in [0.5, 0.6) is 5.75 Å². The van der Waals surface area contributed by atoms with Crippen molar-refractivity contribution in [3.05, 3.63) is 29.3 Å². The Balaban J connectivity index is 2.17. The van der Waals surface area contributed by atoms with Gasteiger partial charge in [0.15, 0.2) is 0 Å². The molecule has 2 nitrogen and oxygen atoms in total. The van der Waals surface area contributed by atoms with Crippen LogP contribution in [-0.4, -0.2) is 13.2 Å². The van der Waals surface area contributed by atoms with Gasteiger partial charge in [0.2, 0.25) is 0 Å². The van der Waals surface area contributed by atoms with E-state index in [4.69, 9.17) is 4.74 Å². The van der Waals surface area contributed by atoms with E-state index in [1.165, 1.54) is 43.2 Å². The second-order valence-electron chi connectivity index (χ2n) is 5.19. The number of hydrogen-bond donors (Lipinski definition) is 1. The van der Waals surface area contributed by atoms with E-state index in [0.29, 0.717) is 12.1 Å². The Labute approximate surface area is 111 Å². The fourth-order valence-corrected chi connectivity index (χ4v) is 2.90. The van der Waals surface area contributed by atoms with E-state index in [-0.39, 0.29) is 0 Å². The molecule has 1 aliphatic carbocycles. The molecule has 1 aromatic rings. The van der Waals surface area contributed by atoms with E-state index in [1.807, 2.05) is 0 Å². The lowest BCUT2D eigenvalue weighted by atomic mass is 9.87. The number of aryl methyl sites for hydroxylation is 1. The van der Waals surface area contributed by atoms with E-state index in [2.05, 4.69) is 37.4 Å². The molecule has 0 fully saturated rings. The molecule has 0 saturated carbocycles. The molecule has 0 aliphatic heterocycles. The van der Waals surface area contributed by atoms with Gasteiger partial charge in [-0.3, -0.25) is 0 Å². The van der Waals surface area contributed by atoms with Gasteiger partial charge >= 0.3 is 0 Å². The summed E-state index contributed by atoms with van der Waals surface area (Å²) in [4.78, 5) is 0. The third kappa shape index (κ3) is 2.86. The highest BCUT2D eigenvalue weighted by atomic mass is 16.5. The zero-order valence-corrected chi connectivity index (χ0v) is 11.8. The molecular formula is C16H25NO. The van der Waals surface area contributed by atoms with E-state index in [1.54, 1.807) is 7.11 Å². The van der Waals surface area contributed by atoms with Crippen molar-refractivity contribution in [1.29, 1.82) is 0 Å². The van der Waals surface area contributed by atoms with Crippen LogP contribution in [0.4, 0.5) is 0 Å². The molecule has 100 valence electrons. The Morgan fingerprint density at radius 1 is 1.33 bits per heavy atom. The molecular weight excluding hydrogens is 222 g/mol. The van der Waals surface area contributed by atoms with Crippen LogP contribution < -0.4 is 10.1 Å². The highest BCUT2D eigenvalue weighted by Gasteiger charge is 2.22. The van der Waals surface area contributed by atoms with Crippen LogP contribution >= 0.6 is 0 Å². The van der Waals surface area contributed by atoms with Crippen molar-refractivity contribution in [3.8, 4) is 5.75 Å². The van der Waals surface area contributed by atoms with Crippen LogP contribution in [0.25, 0.3) is 0 Å². The van der Waals surface area contributed by atoms with E-state index in [9.17, 15) is 0 Å². The minimum atomic E-state index is 0.532. The lowest BCUT2D eigenvalue weighted by Gasteiger charge is -2.30. The molecule has 0 bridgehead atoms. The van der Waals surface area contributed by atoms with Gasteiger partial charge in [0.25, 0.3) is 0 Å². The minimum Gasteiger partial charge on any atom is -0.497 e. The van der Waals surface area contributed by atoms with Crippen molar-refractivity contribution < 1.29 is 4.74 Å². The van der Waals surface area contributed by atoms with Crippen LogP contribution in [0.15, 0.2) is 18.2 Å². The Morgan fingerprint density at radius 3 is 2.78 bits per heavy atom. The maximum Gasteiger partial charge on any atom is 0.119 e. The third-order valence-corrected chi connectivity index (χ3v) is 4.09. The van der Waals surface area contributed by atoms with Crippen molar-refractivity contribution in [2.75, 3.05) is 7.11 Å². The molecule has 0 amide bonds. The van der Waals surface area contributed by atoms with Crippen LogP contribution in [0.3, 0.4) is 0 Å². The van der Waals surface area contributed by atoms with Crippen molar-refractivity contribution in [2.45, 2.75) is 58.0 Å². The first-order valence-corrected chi connectivity index (χ1v) is 7.21. The second kappa shape index (κ2) is 6.24. The molecule has 0 heterocycles. The zero-order valence-electron chi connectivity index (χ0n) is 11.8. The molecule has 1 unspecified atom stereocenters. The van der Waals surface area contributed by atoms with Crippen molar-refractivity contribution in [2.24, 2.45) is 0 Å². The number of benzene rings is 1. The summed E-state index contributed by atoms with van der Waals surface area (Å²) in [6.45, 7) is 4.53. The van der Waals surface area contributed by atoms with Gasteiger partial charge in [-0.2, -0.15) is 0 Å². The topological polar surface area (TPSA) is 21.3 Å². The first-order valence-electron chi connectivity index (χ1n) is 7.21. The number of ether oxygens (including phenoxy) is 1. The van der Waals surface area contributed by atoms with Crippen LogP contribution in [0, 0.1) is 0 Å². The summed E-state index contributed by atoms with van der Waals surface area (Å²) in [6.07, 6.45) is 6.14. The highest BCUT2D eigenvalue weighted by molar-refractivity contribution is 5.39. The largest absolute Gasteiger partial charge is 0.497 e. The van der Waals surface area contributed by atoms with Gasteiger partial charge in [0.05, 0.1) is 7.11 Å². The summed E-state index contributed by atoms with van der Waals surface area (Å²) in [7, 11) is 1.74. The summed E-state index contributed by atoms with van der Waals surface area (Å²) >= 11 is 0. The first kappa shape index (κ1) is 13.4. The molecule has 0 saturated heterocycles. The van der Waals surface area contributed by atoms with Gasteiger partial charge in [-0.1, -0.05) is 19.9 Å². The van der Waals surface area contributed by atoms with Gasteiger partial charge in [-0.25, -0.2) is 0 Å². The molecule has 1 N–H and O–H groups in total. The quantitative estimate of drug-likeness (QED) is 0.853. The number of nitrogens with one attached hydrogen (secondary N) is 1. The number of methoxy groups -OCH3 is 1. The predicted molar refractivity (Wildman–Crippen MR) is 76.2 cm³/mol. The molecule has 1 atom stereocenters. The van der Waals surface area contributed by atoms with Crippen LogP contribution in [0.1, 0.15) is 56.7 Å². The Kier molecular flexibility index (Phi) is 4.65. The average Bonchev–Trinajstić information content (AvgIpc) is 2.44. The lowest BCUT2D eigenvalue weighted by molar-refractivity contribution is 0.377. The Bertz CT molecular complexity index is 385. The SMILES string of the molecule is CCC(CC)NC1CCCc2cc(OC)ccc21. The summed E-state index contributed by atoms with van der Waals surface area (Å²) in [6, 6.07) is 7.71. The van der Waals surface area contributed by atoms with Gasteiger partial charge < -0.3 is 10.1 Å². The number of fused-ring (bicyclic) bond motifs is 1. The predicted octanol–water partition coefficient (Wildman–Crippen LogP) is 3.85. The monoisotopic (exact) mass is 247 g/mol. The maximum atomic E-state index is 5.32. The normalized spacial score (nSPS) is 18.8. The van der Waals surface area contributed by atoms with Gasteiger partial charge in [0, 0.05) is 12.1 Å². The van der Waals surface area contributed by atoms with E-state index < -0.39 is 0 Å². The maximum absolute atomic E-state index is 5.32. The highest BCUT2D eigenvalue weighted by Crippen LogP contribution is 2.32. The van der Waals surface area contributed by atoms with E-state index in [0.717, 1.165) is 5.75 Å². The summed E-state index contributed by atoms with van der Waals surface area (Å²) in [5, 5.41) is 3.81. The summed E-state index contributed by atoms with van der Waals surface area (Å²) < 4.78 is 5.32. The zero-order chi connectivity index (χ0) is 13.0. The van der Waals surface area contributed by atoms with Gasteiger partial charge in [-0.15, -0.1) is 0 Å². The fourth-order valence-electron chi connectivity index (χ4n) is 2.90. The standard InChI is InChI=1S/C16H25NO/c1-4-13(5-2)17-16-8-6-7-12-11-14(18-3)9-10-15(12)16/h9-11,13,16-17H,4-8H2,1-3H3. The molecule has 2 heteroatoms. The van der Waals surface area contributed by atoms with Crippen molar-refractivity contribution >= 4 is 0 Å². The summed E-state index contributed by atoms with van der Waals surface area (Å²) in [5.41, 5.74) is 2.94. The van der Waals surface area contributed by atoms with Crippen LogP contribution in [-0.2, 0) is 6.42 Å². The number of rotatable bonds is 5. The van der Waals surface area contributed by atoms with Crippen molar-refractivity contribution in [1.82, 2.24) is 5.32 Å². The minimum absolute atomic E-state index is 0.532. The smallest absolute Gasteiger partial charge is 0.119 e. The molecule has 18 heavy (non-hydrogen) atoms. The lowest BCUT2D eigenvalue weighted by Crippen LogP contribution is -2.33. The van der Waals surface area contributed by atoms with Crippen molar-refractivity contribution in [3.63, 3.8) is 0 Å². The van der Waals surface area contributed by atoms with Crippen LogP contribution in [0.2, 0.25) is 0 Å². The van der Waals surface area contributed by atoms with Gasteiger partial charge in [-0.05, 0) is 55.4 Å². The number of hydrogen-bond acceptors (Lipinski definition) is 2. The first-order chi connectivity index (χ1) is 8.78. The van der Waals surface area contributed by atoms with Gasteiger partial charge in [0.1, 0.15) is 5.75 Å². The fraction of sp³-hybridized carbons (Fsp3) is 0.625.